The first-order valence-electron chi connectivity index (χ1n) is 7.08. The van der Waals surface area contributed by atoms with Crippen molar-refractivity contribution in [1.82, 2.24) is 9.78 Å². The number of ether oxygens (including phenoxy) is 1. The predicted molar refractivity (Wildman–Crippen MR) is 82.8 cm³/mol. The highest BCUT2D eigenvalue weighted by atomic mass is 16.5. The van der Waals surface area contributed by atoms with E-state index < -0.39 is 0 Å². The number of hydrogen-bond acceptors (Lipinski definition) is 3. The molecule has 4 nitrogen and oxygen atoms in total. The molecule has 2 aromatic rings. The number of esters is 1. The van der Waals surface area contributed by atoms with Gasteiger partial charge in [-0.3, -0.25) is 0 Å². The van der Waals surface area contributed by atoms with Crippen LogP contribution >= 0.6 is 0 Å². The van der Waals surface area contributed by atoms with Gasteiger partial charge in [-0.05, 0) is 31.9 Å². The highest BCUT2D eigenvalue weighted by Gasteiger charge is 2.16. The van der Waals surface area contributed by atoms with Gasteiger partial charge in [0.15, 0.2) is 0 Å². The summed E-state index contributed by atoms with van der Waals surface area (Å²) in [4.78, 5) is 12.0. The number of hydrogen-bond donors (Lipinski definition) is 0. The summed E-state index contributed by atoms with van der Waals surface area (Å²) in [6.07, 6.45) is 6.31. The first-order chi connectivity index (χ1) is 10.1. The van der Waals surface area contributed by atoms with Crippen LogP contribution in [-0.4, -0.2) is 22.4 Å². The van der Waals surface area contributed by atoms with Crippen molar-refractivity contribution in [2.45, 2.75) is 27.2 Å². The molecule has 0 unspecified atom stereocenters. The van der Waals surface area contributed by atoms with Gasteiger partial charge < -0.3 is 4.74 Å². The lowest BCUT2D eigenvalue weighted by Crippen LogP contribution is -2.07. The number of nitrogens with zero attached hydrogens (tertiary/aromatic N) is 2. The van der Waals surface area contributed by atoms with E-state index in [2.05, 4.69) is 5.10 Å². The van der Waals surface area contributed by atoms with E-state index in [0.717, 1.165) is 23.4 Å². The molecule has 2 rings (SSSR count). The van der Waals surface area contributed by atoms with Gasteiger partial charge in [0, 0.05) is 0 Å². The Bertz CT molecular complexity index is 657. The average Bonchev–Trinajstić information content (AvgIpc) is 2.86. The van der Waals surface area contributed by atoms with Gasteiger partial charge in [-0.1, -0.05) is 37.3 Å². The smallest absolute Gasteiger partial charge is 0.341 e. The highest BCUT2D eigenvalue weighted by molar-refractivity contribution is 5.90. The molecule has 0 radical (unpaired) electrons. The van der Waals surface area contributed by atoms with Crippen LogP contribution in [0.25, 0.3) is 5.69 Å². The Morgan fingerprint density at radius 3 is 2.76 bits per heavy atom. The number of carbonyl (C=O) groups excluding carboxylic acids is 1. The van der Waals surface area contributed by atoms with Crippen molar-refractivity contribution in [3.8, 4) is 5.69 Å². The number of allylic oxidation sites excluding steroid dienone is 1. The molecule has 0 saturated carbocycles. The molecule has 0 aliphatic carbocycles. The highest BCUT2D eigenvalue weighted by Crippen LogP contribution is 2.18. The fourth-order valence-corrected chi connectivity index (χ4v) is 2.09. The molecular formula is C17H20N2O2. The monoisotopic (exact) mass is 284 g/mol. The van der Waals surface area contributed by atoms with Gasteiger partial charge >= 0.3 is 5.97 Å². The Hall–Kier alpha value is -2.36. The molecule has 0 saturated heterocycles. The van der Waals surface area contributed by atoms with Crippen molar-refractivity contribution in [1.29, 1.82) is 0 Å². The van der Waals surface area contributed by atoms with E-state index in [1.165, 1.54) is 0 Å². The maximum Gasteiger partial charge on any atom is 0.341 e. The minimum absolute atomic E-state index is 0.293. The normalized spacial score (nSPS) is 11.0. The van der Waals surface area contributed by atoms with E-state index in [4.69, 9.17) is 4.74 Å². The van der Waals surface area contributed by atoms with Crippen molar-refractivity contribution >= 4 is 5.97 Å². The number of aromatic nitrogens is 2. The summed E-state index contributed by atoms with van der Waals surface area (Å²) in [6, 6.07) is 7.93. The molecule has 0 spiro atoms. The average molecular weight is 284 g/mol. The molecule has 1 aromatic heterocycles. The van der Waals surface area contributed by atoms with Crippen LogP contribution in [0.4, 0.5) is 0 Å². The molecule has 0 aliphatic rings. The summed E-state index contributed by atoms with van der Waals surface area (Å²) in [6.45, 7) is 6.22. The molecule has 110 valence electrons. The Labute approximate surface area is 125 Å². The Morgan fingerprint density at radius 1 is 1.29 bits per heavy atom. The molecular weight excluding hydrogens is 264 g/mol. The summed E-state index contributed by atoms with van der Waals surface area (Å²) in [7, 11) is 0. The number of aryl methyl sites for hydroxylation is 1. The summed E-state index contributed by atoms with van der Waals surface area (Å²) < 4.78 is 6.98. The third kappa shape index (κ3) is 3.40. The van der Waals surface area contributed by atoms with Crippen molar-refractivity contribution in [2.75, 3.05) is 6.61 Å². The van der Waals surface area contributed by atoms with Crippen LogP contribution in [0.3, 0.4) is 0 Å². The van der Waals surface area contributed by atoms with Gasteiger partial charge in [-0.15, -0.1) is 0 Å². The second-order valence-corrected chi connectivity index (χ2v) is 4.82. The summed E-state index contributed by atoms with van der Waals surface area (Å²) in [5.41, 5.74) is 3.37. The topological polar surface area (TPSA) is 44.1 Å². The van der Waals surface area contributed by atoms with Crippen molar-refractivity contribution in [3.63, 3.8) is 0 Å². The van der Waals surface area contributed by atoms with Crippen LogP contribution in [0.5, 0.6) is 0 Å². The van der Waals surface area contributed by atoms with Crippen LogP contribution in [0.1, 0.15) is 35.0 Å². The van der Waals surface area contributed by atoms with Gasteiger partial charge in [0.25, 0.3) is 0 Å². The third-order valence-electron chi connectivity index (χ3n) is 3.29. The Morgan fingerprint density at radius 2 is 2.05 bits per heavy atom. The van der Waals surface area contributed by atoms with Crippen LogP contribution in [0, 0.1) is 13.8 Å². The zero-order valence-corrected chi connectivity index (χ0v) is 12.7. The minimum atomic E-state index is -0.340. The third-order valence-corrected chi connectivity index (χ3v) is 3.29. The van der Waals surface area contributed by atoms with Gasteiger partial charge in [0.05, 0.1) is 17.6 Å². The molecule has 0 atom stereocenters. The quantitative estimate of drug-likeness (QED) is 0.622. The van der Waals surface area contributed by atoms with Crippen molar-refractivity contribution in [3.05, 3.63) is 59.4 Å². The second-order valence-electron chi connectivity index (χ2n) is 4.82. The number of benzene rings is 1. The van der Waals surface area contributed by atoms with E-state index in [9.17, 15) is 4.79 Å². The van der Waals surface area contributed by atoms with Gasteiger partial charge in [-0.2, -0.15) is 5.10 Å². The Kier molecular flexibility index (Phi) is 4.93. The van der Waals surface area contributed by atoms with Crippen LogP contribution in [0.2, 0.25) is 0 Å². The van der Waals surface area contributed by atoms with Crippen LogP contribution in [-0.2, 0) is 4.74 Å². The van der Waals surface area contributed by atoms with Crippen molar-refractivity contribution < 1.29 is 9.53 Å². The molecule has 0 N–H and O–H groups in total. The fourth-order valence-electron chi connectivity index (χ4n) is 2.09. The molecule has 0 amide bonds. The predicted octanol–water partition coefficient (Wildman–Crippen LogP) is 3.61. The summed E-state index contributed by atoms with van der Waals surface area (Å²) in [5.74, 6) is -0.340. The molecule has 1 aromatic carbocycles. The maximum absolute atomic E-state index is 12.0. The molecule has 21 heavy (non-hydrogen) atoms. The number of carbonyl (C=O) groups is 1. The largest absolute Gasteiger partial charge is 0.458 e. The standard InChI is InChI=1S/C17H20N2O2/c1-4-5-8-11-21-17(20)15-12-18-19(14(15)3)16-10-7-6-9-13(16)2/h5-10,12H,4,11H2,1-3H3/b8-5+. The molecule has 1 heterocycles. The second kappa shape index (κ2) is 6.88. The van der Waals surface area contributed by atoms with Gasteiger partial charge in [0.1, 0.15) is 12.2 Å². The fraction of sp³-hybridized carbons (Fsp3) is 0.294. The van der Waals surface area contributed by atoms with E-state index in [0.29, 0.717) is 12.2 Å². The van der Waals surface area contributed by atoms with Crippen LogP contribution in [0.15, 0.2) is 42.6 Å². The molecule has 4 heteroatoms. The van der Waals surface area contributed by atoms with E-state index in [1.807, 2.05) is 57.2 Å². The van der Waals surface area contributed by atoms with Crippen molar-refractivity contribution in [2.24, 2.45) is 0 Å². The van der Waals surface area contributed by atoms with Gasteiger partial charge in [-0.25, -0.2) is 9.48 Å². The van der Waals surface area contributed by atoms with Crippen LogP contribution < -0.4 is 0 Å². The lowest BCUT2D eigenvalue weighted by molar-refractivity contribution is 0.0548. The minimum Gasteiger partial charge on any atom is -0.458 e. The zero-order valence-electron chi connectivity index (χ0n) is 12.7. The lowest BCUT2D eigenvalue weighted by atomic mass is 10.2. The maximum atomic E-state index is 12.0. The first kappa shape index (κ1) is 15.0. The molecule has 0 aliphatic heterocycles. The number of para-hydroxylation sites is 1. The van der Waals surface area contributed by atoms with E-state index in [1.54, 1.807) is 10.9 Å². The summed E-state index contributed by atoms with van der Waals surface area (Å²) >= 11 is 0. The Balaban J connectivity index is 2.19. The number of rotatable bonds is 5. The van der Waals surface area contributed by atoms with E-state index in [-0.39, 0.29) is 5.97 Å². The first-order valence-corrected chi connectivity index (χ1v) is 7.08. The molecule has 0 fully saturated rings. The zero-order chi connectivity index (χ0) is 15.2. The molecule has 0 bridgehead atoms. The lowest BCUT2D eigenvalue weighted by Gasteiger charge is -2.08. The van der Waals surface area contributed by atoms with Gasteiger partial charge in [0.2, 0.25) is 0 Å². The SMILES string of the molecule is CC/C=C/COC(=O)c1cnn(-c2ccccc2C)c1C. The van der Waals surface area contributed by atoms with E-state index >= 15 is 0 Å². The summed E-state index contributed by atoms with van der Waals surface area (Å²) in [5, 5.41) is 4.31.